The molecule has 1 amide bonds. The van der Waals surface area contributed by atoms with E-state index in [1.165, 1.54) is 6.07 Å². The van der Waals surface area contributed by atoms with Gasteiger partial charge in [-0.05, 0) is 30.2 Å². The number of carbonyl (C=O) groups is 1. The summed E-state index contributed by atoms with van der Waals surface area (Å²) >= 11 is 0. The van der Waals surface area contributed by atoms with E-state index >= 15 is 0 Å². The largest absolute Gasteiger partial charge is 0.483 e. The van der Waals surface area contributed by atoms with Gasteiger partial charge in [0.05, 0.1) is 5.39 Å². The van der Waals surface area contributed by atoms with Gasteiger partial charge in [0.15, 0.2) is 6.61 Å². The maximum Gasteiger partial charge on any atom is 0.336 e. The summed E-state index contributed by atoms with van der Waals surface area (Å²) in [5, 5.41) is 0.641. The van der Waals surface area contributed by atoms with E-state index < -0.39 is 11.5 Å². The average molecular weight is 309 g/mol. The predicted molar refractivity (Wildman–Crippen MR) is 87.3 cm³/mol. The molecule has 3 aromatic rings. The van der Waals surface area contributed by atoms with Crippen molar-refractivity contribution in [2.75, 3.05) is 6.61 Å². The van der Waals surface area contributed by atoms with Crippen LogP contribution in [0.15, 0.2) is 57.7 Å². The number of benzene rings is 2. The molecule has 0 aliphatic rings. The molecule has 23 heavy (non-hydrogen) atoms. The summed E-state index contributed by atoms with van der Waals surface area (Å²) < 4.78 is 10.8. The van der Waals surface area contributed by atoms with Gasteiger partial charge in [-0.1, -0.05) is 30.3 Å². The Hall–Kier alpha value is -3.08. The Morgan fingerprint density at radius 3 is 2.61 bits per heavy atom. The van der Waals surface area contributed by atoms with Gasteiger partial charge in [-0.3, -0.25) is 4.79 Å². The molecule has 0 bridgehead atoms. The lowest BCUT2D eigenvalue weighted by Crippen LogP contribution is -2.20. The van der Waals surface area contributed by atoms with Crippen LogP contribution in [0.1, 0.15) is 5.56 Å². The minimum atomic E-state index is -0.571. The zero-order valence-electron chi connectivity index (χ0n) is 12.5. The number of primary amides is 1. The quantitative estimate of drug-likeness (QED) is 0.751. The molecule has 0 aliphatic heterocycles. The Morgan fingerprint density at radius 2 is 1.91 bits per heavy atom. The minimum Gasteiger partial charge on any atom is -0.483 e. The zero-order valence-corrected chi connectivity index (χ0v) is 12.5. The molecule has 0 saturated carbocycles. The molecular weight excluding hydrogens is 294 g/mol. The van der Waals surface area contributed by atoms with Crippen LogP contribution >= 0.6 is 0 Å². The van der Waals surface area contributed by atoms with Crippen molar-refractivity contribution in [3.63, 3.8) is 0 Å². The van der Waals surface area contributed by atoms with Crippen LogP contribution in [-0.2, 0) is 4.79 Å². The number of ether oxygens (including phenoxy) is 1. The molecule has 1 aromatic heterocycles. The standard InChI is InChI=1S/C18H15NO4/c1-11-7-14(22-10-16(19)20)18-13(12-5-3-2-4-6-12)9-17(21)23-15(18)8-11/h2-9H,10H2,1H3,(H2,19,20). The molecule has 0 fully saturated rings. The van der Waals surface area contributed by atoms with Crippen molar-refractivity contribution in [3.05, 3.63) is 64.5 Å². The summed E-state index contributed by atoms with van der Waals surface area (Å²) in [5.74, 6) is -0.111. The van der Waals surface area contributed by atoms with E-state index in [1.807, 2.05) is 37.3 Å². The van der Waals surface area contributed by atoms with Crippen molar-refractivity contribution in [1.29, 1.82) is 0 Å². The van der Waals surface area contributed by atoms with Crippen LogP contribution in [-0.4, -0.2) is 12.5 Å². The fraction of sp³-hybridized carbons (Fsp3) is 0.111. The van der Waals surface area contributed by atoms with Crippen LogP contribution in [0.3, 0.4) is 0 Å². The summed E-state index contributed by atoms with van der Waals surface area (Å²) in [4.78, 5) is 22.9. The van der Waals surface area contributed by atoms with Crippen molar-refractivity contribution < 1.29 is 13.9 Å². The van der Waals surface area contributed by atoms with Crippen LogP contribution in [0.2, 0.25) is 0 Å². The number of nitrogens with two attached hydrogens (primary N) is 1. The molecule has 0 atom stereocenters. The smallest absolute Gasteiger partial charge is 0.336 e. The molecule has 116 valence electrons. The summed E-state index contributed by atoms with van der Waals surface area (Å²) in [7, 11) is 0. The minimum absolute atomic E-state index is 0.244. The Kier molecular flexibility index (Phi) is 3.85. The maximum absolute atomic E-state index is 11.9. The molecule has 2 aromatic carbocycles. The van der Waals surface area contributed by atoms with Crippen LogP contribution in [0.4, 0.5) is 0 Å². The van der Waals surface area contributed by atoms with Gasteiger partial charge < -0.3 is 14.9 Å². The number of hydrogen-bond acceptors (Lipinski definition) is 4. The first-order valence-electron chi connectivity index (χ1n) is 7.09. The first-order valence-corrected chi connectivity index (χ1v) is 7.09. The summed E-state index contributed by atoms with van der Waals surface area (Å²) in [6.45, 7) is 1.61. The molecule has 0 saturated heterocycles. The predicted octanol–water partition coefficient (Wildman–Crippen LogP) is 2.63. The van der Waals surface area contributed by atoms with E-state index in [2.05, 4.69) is 0 Å². The van der Waals surface area contributed by atoms with E-state index in [4.69, 9.17) is 14.9 Å². The summed E-state index contributed by atoms with van der Waals surface area (Å²) in [6, 6.07) is 14.4. The highest BCUT2D eigenvalue weighted by molar-refractivity contribution is 5.98. The fourth-order valence-electron chi connectivity index (χ4n) is 2.50. The normalized spacial score (nSPS) is 10.7. The van der Waals surface area contributed by atoms with E-state index in [-0.39, 0.29) is 6.61 Å². The van der Waals surface area contributed by atoms with Crippen LogP contribution in [0, 0.1) is 6.92 Å². The van der Waals surface area contributed by atoms with Crippen molar-refractivity contribution in [2.45, 2.75) is 6.92 Å². The third-order valence-corrected chi connectivity index (χ3v) is 3.41. The first-order chi connectivity index (χ1) is 11.0. The number of hydrogen-bond donors (Lipinski definition) is 1. The van der Waals surface area contributed by atoms with Gasteiger partial charge in [0.25, 0.3) is 5.91 Å². The second-order valence-corrected chi connectivity index (χ2v) is 5.24. The van der Waals surface area contributed by atoms with E-state index in [1.54, 1.807) is 12.1 Å². The second-order valence-electron chi connectivity index (χ2n) is 5.24. The van der Waals surface area contributed by atoms with Gasteiger partial charge in [-0.25, -0.2) is 4.79 Å². The van der Waals surface area contributed by atoms with Crippen LogP contribution in [0.25, 0.3) is 22.1 Å². The van der Waals surface area contributed by atoms with E-state index in [9.17, 15) is 9.59 Å². The highest BCUT2D eigenvalue weighted by atomic mass is 16.5. The van der Waals surface area contributed by atoms with E-state index in [0.29, 0.717) is 22.3 Å². The molecule has 2 N–H and O–H groups in total. The lowest BCUT2D eigenvalue weighted by Gasteiger charge is -2.12. The SMILES string of the molecule is Cc1cc(OCC(N)=O)c2c(-c3ccccc3)cc(=O)oc2c1. The number of fused-ring (bicyclic) bond motifs is 1. The highest BCUT2D eigenvalue weighted by Gasteiger charge is 2.14. The monoisotopic (exact) mass is 309 g/mol. The molecular formula is C18H15NO4. The lowest BCUT2D eigenvalue weighted by molar-refractivity contribution is -0.119. The fourth-order valence-corrected chi connectivity index (χ4v) is 2.50. The zero-order chi connectivity index (χ0) is 16.4. The molecule has 3 rings (SSSR count). The number of aryl methyl sites for hydroxylation is 1. The molecule has 0 radical (unpaired) electrons. The maximum atomic E-state index is 11.9. The van der Waals surface area contributed by atoms with Gasteiger partial charge in [0, 0.05) is 11.6 Å². The molecule has 0 aliphatic carbocycles. The second kappa shape index (κ2) is 5.96. The topological polar surface area (TPSA) is 82.5 Å². The van der Waals surface area contributed by atoms with Gasteiger partial charge in [0.2, 0.25) is 0 Å². The molecule has 0 unspecified atom stereocenters. The highest BCUT2D eigenvalue weighted by Crippen LogP contribution is 2.35. The Morgan fingerprint density at radius 1 is 1.17 bits per heavy atom. The summed E-state index contributed by atoms with van der Waals surface area (Å²) in [6.07, 6.45) is 0. The molecule has 5 heteroatoms. The third-order valence-electron chi connectivity index (χ3n) is 3.41. The third kappa shape index (κ3) is 3.08. The molecule has 0 spiro atoms. The van der Waals surface area contributed by atoms with Crippen molar-refractivity contribution >= 4 is 16.9 Å². The molecule has 5 nitrogen and oxygen atoms in total. The van der Waals surface area contributed by atoms with Crippen LogP contribution in [0.5, 0.6) is 5.75 Å². The van der Waals surface area contributed by atoms with Crippen molar-refractivity contribution in [2.24, 2.45) is 5.73 Å². The average Bonchev–Trinajstić information content (AvgIpc) is 2.52. The number of amides is 1. The van der Waals surface area contributed by atoms with Crippen LogP contribution < -0.4 is 16.1 Å². The summed E-state index contributed by atoms with van der Waals surface area (Å²) in [5.41, 5.74) is 7.53. The Balaban J connectivity index is 2.30. The van der Waals surface area contributed by atoms with E-state index in [0.717, 1.165) is 11.1 Å². The molecule has 1 heterocycles. The first kappa shape index (κ1) is 14.8. The number of rotatable bonds is 4. The van der Waals surface area contributed by atoms with Gasteiger partial charge >= 0.3 is 5.63 Å². The van der Waals surface area contributed by atoms with Gasteiger partial charge in [0.1, 0.15) is 11.3 Å². The number of carbonyl (C=O) groups excluding carboxylic acids is 1. The van der Waals surface area contributed by atoms with Gasteiger partial charge in [-0.2, -0.15) is 0 Å². The Labute approximate surface area is 132 Å². The van der Waals surface area contributed by atoms with Crippen molar-refractivity contribution in [1.82, 2.24) is 0 Å². The lowest BCUT2D eigenvalue weighted by atomic mass is 10.0. The van der Waals surface area contributed by atoms with Crippen molar-refractivity contribution in [3.8, 4) is 16.9 Å². The Bertz CT molecular complexity index is 929. The van der Waals surface area contributed by atoms with Gasteiger partial charge in [-0.15, -0.1) is 0 Å².